The van der Waals surface area contributed by atoms with Gasteiger partial charge in [-0.15, -0.1) is 0 Å². The van der Waals surface area contributed by atoms with Gasteiger partial charge in [-0.3, -0.25) is 0 Å². The van der Waals surface area contributed by atoms with Gasteiger partial charge in [0.2, 0.25) is 0 Å². The van der Waals surface area contributed by atoms with E-state index in [-0.39, 0.29) is 11.9 Å². The van der Waals surface area contributed by atoms with Crippen LogP contribution >= 0.6 is 45.2 Å². The van der Waals surface area contributed by atoms with E-state index in [1.54, 1.807) is 12.1 Å². The molecule has 2 nitrogen and oxygen atoms in total. The first-order chi connectivity index (χ1) is 14.0. The number of nitrogens with zero attached hydrogens (tertiary/aromatic N) is 1. The van der Waals surface area contributed by atoms with E-state index in [1.165, 1.54) is 51.6 Å². The second kappa shape index (κ2) is 9.81. The lowest BCUT2D eigenvalue weighted by Crippen LogP contribution is -2.39. The summed E-state index contributed by atoms with van der Waals surface area (Å²) in [4.78, 5) is 2.60. The lowest BCUT2D eigenvalue weighted by atomic mass is 9.77. The fraction of sp³-hybridized carbons (Fsp3) is 0.500. The van der Waals surface area contributed by atoms with Gasteiger partial charge in [0.15, 0.2) is 0 Å². The summed E-state index contributed by atoms with van der Waals surface area (Å²) < 4.78 is 22.2. The van der Waals surface area contributed by atoms with Gasteiger partial charge in [0, 0.05) is 25.7 Å². The SMILES string of the molecule is Fc1ccc(C(CCN2CCC3(CCCC3)CC2)Oc2cccc(I)c2)c(I)c1. The summed E-state index contributed by atoms with van der Waals surface area (Å²) in [6.45, 7) is 3.44. The van der Waals surface area contributed by atoms with E-state index in [9.17, 15) is 4.39 Å². The van der Waals surface area contributed by atoms with Crippen molar-refractivity contribution in [3.8, 4) is 5.75 Å². The molecule has 1 unspecified atom stereocenters. The molecule has 0 N–H and O–H groups in total. The number of hydrogen-bond donors (Lipinski definition) is 0. The Morgan fingerprint density at radius 2 is 1.76 bits per heavy atom. The summed E-state index contributed by atoms with van der Waals surface area (Å²) in [6.07, 6.45) is 9.28. The maximum absolute atomic E-state index is 13.7. The predicted octanol–water partition coefficient (Wildman–Crippen LogP) is 7.20. The number of ether oxygens (including phenoxy) is 1. The van der Waals surface area contributed by atoms with Crippen LogP contribution in [0.15, 0.2) is 42.5 Å². The van der Waals surface area contributed by atoms with Crippen molar-refractivity contribution >= 4 is 45.2 Å². The molecule has 29 heavy (non-hydrogen) atoms. The molecule has 1 saturated carbocycles. The lowest BCUT2D eigenvalue weighted by Gasteiger charge is -2.39. The van der Waals surface area contributed by atoms with Crippen molar-refractivity contribution in [1.29, 1.82) is 0 Å². The molecule has 1 atom stereocenters. The lowest BCUT2D eigenvalue weighted by molar-refractivity contribution is 0.0923. The minimum Gasteiger partial charge on any atom is -0.486 e. The van der Waals surface area contributed by atoms with Crippen LogP contribution in [0.5, 0.6) is 5.75 Å². The van der Waals surface area contributed by atoms with Gasteiger partial charge >= 0.3 is 0 Å². The van der Waals surface area contributed by atoms with Crippen LogP contribution < -0.4 is 4.74 Å². The smallest absolute Gasteiger partial charge is 0.126 e. The van der Waals surface area contributed by atoms with E-state index in [0.717, 1.165) is 31.4 Å². The van der Waals surface area contributed by atoms with Gasteiger partial charge in [0.25, 0.3) is 0 Å². The maximum atomic E-state index is 13.7. The van der Waals surface area contributed by atoms with E-state index in [4.69, 9.17) is 4.74 Å². The highest BCUT2D eigenvalue weighted by Crippen LogP contribution is 2.46. The molecule has 156 valence electrons. The van der Waals surface area contributed by atoms with Crippen molar-refractivity contribution < 1.29 is 9.13 Å². The summed E-state index contributed by atoms with van der Waals surface area (Å²) in [7, 11) is 0. The summed E-state index contributed by atoms with van der Waals surface area (Å²) in [5, 5.41) is 0. The second-order valence-electron chi connectivity index (χ2n) is 8.57. The first kappa shape index (κ1) is 21.8. The number of likely N-dealkylation sites (tertiary alicyclic amines) is 1. The van der Waals surface area contributed by atoms with Gasteiger partial charge in [-0.2, -0.15) is 0 Å². The van der Waals surface area contributed by atoms with Crippen LogP contribution in [0, 0.1) is 18.4 Å². The number of piperidine rings is 1. The van der Waals surface area contributed by atoms with Crippen molar-refractivity contribution in [2.75, 3.05) is 19.6 Å². The van der Waals surface area contributed by atoms with Gasteiger partial charge in [0.05, 0.1) is 0 Å². The highest BCUT2D eigenvalue weighted by molar-refractivity contribution is 14.1. The molecule has 2 aromatic carbocycles. The summed E-state index contributed by atoms with van der Waals surface area (Å²) in [6, 6.07) is 13.2. The average molecular weight is 619 g/mol. The van der Waals surface area contributed by atoms with E-state index in [1.807, 2.05) is 18.2 Å². The van der Waals surface area contributed by atoms with Crippen molar-refractivity contribution in [3.05, 3.63) is 61.0 Å². The second-order valence-corrected chi connectivity index (χ2v) is 11.0. The molecule has 1 aliphatic heterocycles. The van der Waals surface area contributed by atoms with Crippen LogP contribution in [-0.2, 0) is 0 Å². The minimum atomic E-state index is -0.191. The van der Waals surface area contributed by atoms with E-state index in [0.29, 0.717) is 5.41 Å². The first-order valence-electron chi connectivity index (χ1n) is 10.6. The Labute approximate surface area is 200 Å². The van der Waals surface area contributed by atoms with E-state index in [2.05, 4.69) is 62.2 Å². The Morgan fingerprint density at radius 3 is 2.45 bits per heavy atom. The van der Waals surface area contributed by atoms with Crippen LogP contribution in [0.25, 0.3) is 0 Å². The van der Waals surface area contributed by atoms with Crippen LogP contribution in [0.4, 0.5) is 4.39 Å². The summed E-state index contributed by atoms with van der Waals surface area (Å²) >= 11 is 4.54. The Morgan fingerprint density at radius 1 is 1.00 bits per heavy atom. The van der Waals surface area contributed by atoms with Gasteiger partial charge in [-0.25, -0.2) is 4.39 Å². The molecule has 1 heterocycles. The third-order valence-electron chi connectivity index (χ3n) is 6.67. The molecule has 1 saturated heterocycles. The fourth-order valence-corrected chi connectivity index (χ4v) is 6.26. The molecule has 2 fully saturated rings. The molecule has 0 aromatic heterocycles. The number of hydrogen-bond acceptors (Lipinski definition) is 2. The molecule has 4 rings (SSSR count). The Hall–Kier alpha value is -0.410. The molecule has 0 bridgehead atoms. The zero-order valence-electron chi connectivity index (χ0n) is 16.7. The molecule has 2 aromatic rings. The largest absolute Gasteiger partial charge is 0.486 e. The van der Waals surface area contributed by atoms with Crippen LogP contribution in [0.3, 0.4) is 0 Å². The number of halogens is 3. The third kappa shape index (κ3) is 5.64. The van der Waals surface area contributed by atoms with Crippen molar-refractivity contribution in [1.82, 2.24) is 4.90 Å². The Balaban J connectivity index is 1.44. The third-order valence-corrected chi connectivity index (χ3v) is 8.28. The molecular weight excluding hydrogens is 591 g/mol. The Kier molecular flexibility index (Phi) is 7.38. The topological polar surface area (TPSA) is 12.5 Å². The van der Waals surface area contributed by atoms with Crippen LogP contribution in [-0.4, -0.2) is 24.5 Å². The fourth-order valence-electron chi connectivity index (χ4n) is 4.92. The standard InChI is InChI=1S/C24H28FI2NO/c25-18-6-7-21(22(27)16-18)23(29-20-5-3-4-19(26)17-20)8-13-28-14-11-24(12-15-28)9-1-2-10-24/h3-7,16-17,23H,1-2,8-15H2. The first-order valence-corrected chi connectivity index (χ1v) is 12.8. The zero-order valence-corrected chi connectivity index (χ0v) is 21.0. The monoisotopic (exact) mass is 619 g/mol. The highest BCUT2D eigenvalue weighted by Gasteiger charge is 2.36. The molecule has 2 aliphatic rings. The maximum Gasteiger partial charge on any atom is 0.126 e. The van der Waals surface area contributed by atoms with Gasteiger partial charge in [-0.05, 0) is 120 Å². The molecule has 0 amide bonds. The van der Waals surface area contributed by atoms with Crippen molar-refractivity contribution in [3.63, 3.8) is 0 Å². The summed E-state index contributed by atoms with van der Waals surface area (Å²) in [5.41, 5.74) is 1.73. The molecular formula is C24H28FI2NO. The van der Waals surface area contributed by atoms with E-state index >= 15 is 0 Å². The minimum absolute atomic E-state index is 0.0666. The Bertz CT molecular complexity index is 827. The predicted molar refractivity (Wildman–Crippen MR) is 133 cm³/mol. The van der Waals surface area contributed by atoms with E-state index < -0.39 is 0 Å². The van der Waals surface area contributed by atoms with Crippen molar-refractivity contribution in [2.45, 2.75) is 51.0 Å². The van der Waals surface area contributed by atoms with Gasteiger partial charge in [0.1, 0.15) is 17.7 Å². The quantitative estimate of drug-likeness (QED) is 0.318. The number of rotatable bonds is 6. The highest BCUT2D eigenvalue weighted by atomic mass is 127. The zero-order chi connectivity index (χ0) is 20.3. The van der Waals surface area contributed by atoms with Gasteiger partial charge < -0.3 is 9.64 Å². The number of benzene rings is 2. The molecule has 0 radical (unpaired) electrons. The van der Waals surface area contributed by atoms with Crippen molar-refractivity contribution in [2.24, 2.45) is 5.41 Å². The van der Waals surface area contributed by atoms with Crippen LogP contribution in [0.2, 0.25) is 0 Å². The van der Waals surface area contributed by atoms with Crippen LogP contribution in [0.1, 0.15) is 56.6 Å². The van der Waals surface area contributed by atoms with Gasteiger partial charge in [-0.1, -0.05) is 25.0 Å². The average Bonchev–Trinajstić information content (AvgIpc) is 3.15. The normalized spacial score (nSPS) is 20.1. The molecule has 1 spiro atoms. The molecule has 1 aliphatic carbocycles. The summed E-state index contributed by atoms with van der Waals surface area (Å²) in [5.74, 6) is 0.689. The molecule has 5 heteroatoms.